The molecule has 0 saturated carbocycles. The van der Waals surface area contributed by atoms with Crippen LogP contribution in [-0.4, -0.2) is 22.3 Å². The predicted octanol–water partition coefficient (Wildman–Crippen LogP) is 0.909. The quantitative estimate of drug-likeness (QED) is 0.518. The lowest BCUT2D eigenvalue weighted by atomic mass is 10.0. The third-order valence-corrected chi connectivity index (χ3v) is 2.28. The second kappa shape index (κ2) is 2.72. The van der Waals surface area contributed by atoms with Crippen LogP contribution in [0.25, 0.3) is 0 Å². The Morgan fingerprint density at radius 2 is 1.30 bits per heavy atom. The summed E-state index contributed by atoms with van der Waals surface area (Å²) in [5.41, 5.74) is 0. The Labute approximate surface area is 67.8 Å². The van der Waals surface area contributed by atoms with Gasteiger partial charge in [0, 0.05) is 0 Å². The summed E-state index contributed by atoms with van der Waals surface area (Å²) >= 11 is 10.9. The highest BCUT2D eigenvalue weighted by Gasteiger charge is 2.30. The third kappa shape index (κ3) is 1.22. The number of allylic oxidation sites excluding steroid dienone is 2. The van der Waals surface area contributed by atoms with Gasteiger partial charge in [0.25, 0.3) is 0 Å². The average Bonchev–Trinajstić information content (AvgIpc) is 1.93. The number of ketones is 2. The van der Waals surface area contributed by atoms with Crippen molar-refractivity contribution in [1.82, 2.24) is 0 Å². The summed E-state index contributed by atoms with van der Waals surface area (Å²) in [5, 5.41) is -1.78. The zero-order chi connectivity index (χ0) is 7.72. The molecule has 0 fully saturated rings. The summed E-state index contributed by atoms with van der Waals surface area (Å²) < 4.78 is 0. The molecule has 0 aromatic heterocycles. The molecule has 54 valence electrons. The lowest BCUT2D eigenvalue weighted by molar-refractivity contribution is -0.120. The van der Waals surface area contributed by atoms with Crippen LogP contribution in [0.3, 0.4) is 0 Å². The molecule has 1 aliphatic rings. The smallest absolute Gasteiger partial charge is 0.175 e. The Bertz CT molecular complexity index is 188. The van der Waals surface area contributed by atoms with Gasteiger partial charge in [-0.15, -0.1) is 23.2 Å². The van der Waals surface area contributed by atoms with Crippen molar-refractivity contribution in [2.75, 3.05) is 0 Å². The maximum absolute atomic E-state index is 10.7. The van der Waals surface area contributed by atoms with Gasteiger partial charge in [-0.1, -0.05) is 0 Å². The van der Waals surface area contributed by atoms with Gasteiger partial charge in [0.1, 0.15) is 10.8 Å². The maximum atomic E-state index is 10.7. The van der Waals surface area contributed by atoms with E-state index in [1.807, 2.05) is 0 Å². The van der Waals surface area contributed by atoms with Gasteiger partial charge in [-0.25, -0.2) is 0 Å². The van der Waals surface area contributed by atoms with Crippen LogP contribution in [0.15, 0.2) is 12.2 Å². The molecule has 0 saturated heterocycles. The Morgan fingerprint density at radius 1 is 1.00 bits per heavy atom. The first-order valence-corrected chi connectivity index (χ1v) is 3.54. The summed E-state index contributed by atoms with van der Waals surface area (Å²) in [5.74, 6) is -0.609. The van der Waals surface area contributed by atoms with Crippen LogP contribution in [-0.2, 0) is 9.59 Å². The van der Waals surface area contributed by atoms with Crippen LogP contribution in [0.4, 0.5) is 0 Å². The van der Waals surface area contributed by atoms with Crippen molar-refractivity contribution in [3.8, 4) is 0 Å². The highest BCUT2D eigenvalue weighted by Crippen LogP contribution is 2.17. The monoisotopic (exact) mass is 178 g/mol. The maximum Gasteiger partial charge on any atom is 0.175 e. The number of hydrogen-bond acceptors (Lipinski definition) is 2. The van der Waals surface area contributed by atoms with E-state index in [1.54, 1.807) is 0 Å². The number of carbonyl (C=O) groups is 2. The molecule has 1 aliphatic carbocycles. The minimum absolute atomic E-state index is 0.304. The van der Waals surface area contributed by atoms with Crippen LogP contribution >= 0.6 is 23.2 Å². The highest BCUT2D eigenvalue weighted by atomic mass is 35.5. The van der Waals surface area contributed by atoms with Gasteiger partial charge in [0.15, 0.2) is 11.6 Å². The fraction of sp³-hybridized carbons (Fsp3) is 0.333. The summed E-state index contributed by atoms with van der Waals surface area (Å²) in [6, 6.07) is 0. The number of alkyl halides is 2. The topological polar surface area (TPSA) is 34.1 Å². The second-order valence-corrected chi connectivity index (χ2v) is 2.88. The average molecular weight is 179 g/mol. The molecule has 0 heterocycles. The summed E-state index contributed by atoms with van der Waals surface area (Å²) in [7, 11) is 0. The first-order chi connectivity index (χ1) is 4.63. The minimum Gasteiger partial charge on any atom is -0.293 e. The van der Waals surface area contributed by atoms with Crippen molar-refractivity contribution in [1.29, 1.82) is 0 Å². The number of halogens is 2. The number of hydrogen-bond donors (Lipinski definition) is 0. The zero-order valence-electron chi connectivity index (χ0n) is 4.88. The van der Waals surface area contributed by atoms with E-state index in [4.69, 9.17) is 23.2 Å². The lowest BCUT2D eigenvalue weighted by Gasteiger charge is -2.13. The van der Waals surface area contributed by atoms with E-state index in [0.29, 0.717) is 0 Å². The second-order valence-electron chi connectivity index (χ2n) is 1.94. The first kappa shape index (κ1) is 7.76. The Kier molecular flexibility index (Phi) is 2.11. The van der Waals surface area contributed by atoms with E-state index >= 15 is 0 Å². The summed E-state index contributed by atoms with van der Waals surface area (Å²) in [6.45, 7) is 0. The third-order valence-electron chi connectivity index (χ3n) is 1.21. The summed E-state index contributed by atoms with van der Waals surface area (Å²) in [4.78, 5) is 21.4. The Morgan fingerprint density at radius 3 is 1.60 bits per heavy atom. The molecule has 0 amide bonds. The first-order valence-electron chi connectivity index (χ1n) is 2.67. The molecule has 0 N–H and O–H groups in total. The normalized spacial score (nSPS) is 33.0. The SMILES string of the molecule is O=C1C=CC(=O)[C@H](Cl)[C@@H]1Cl. The Hall–Kier alpha value is -0.340. The predicted molar refractivity (Wildman–Crippen MR) is 38.4 cm³/mol. The van der Waals surface area contributed by atoms with E-state index in [0.717, 1.165) is 12.2 Å². The van der Waals surface area contributed by atoms with Crippen LogP contribution in [0.2, 0.25) is 0 Å². The van der Waals surface area contributed by atoms with Gasteiger partial charge < -0.3 is 0 Å². The standard InChI is InChI=1S/C6H4Cl2O2/c7-5-3(9)1-2-4(10)6(5)8/h1-2,5-6H/t5-,6+. The molecule has 10 heavy (non-hydrogen) atoms. The van der Waals surface area contributed by atoms with Crippen molar-refractivity contribution in [3.05, 3.63) is 12.2 Å². The van der Waals surface area contributed by atoms with Gasteiger partial charge in [-0.3, -0.25) is 9.59 Å². The summed E-state index contributed by atoms with van der Waals surface area (Å²) in [6.07, 6.45) is 2.30. The Balaban J connectivity index is 2.89. The fourth-order valence-corrected chi connectivity index (χ4v) is 1.03. The molecular formula is C6H4Cl2O2. The van der Waals surface area contributed by atoms with E-state index in [-0.39, 0.29) is 11.6 Å². The van der Waals surface area contributed by atoms with Crippen molar-refractivity contribution >= 4 is 34.8 Å². The van der Waals surface area contributed by atoms with Gasteiger partial charge in [0.05, 0.1) is 0 Å². The van der Waals surface area contributed by atoms with E-state index < -0.39 is 10.8 Å². The lowest BCUT2D eigenvalue weighted by Crippen LogP contribution is -2.33. The fourth-order valence-electron chi connectivity index (χ4n) is 0.637. The molecular weight excluding hydrogens is 175 g/mol. The van der Waals surface area contributed by atoms with E-state index in [9.17, 15) is 9.59 Å². The van der Waals surface area contributed by atoms with E-state index in [1.165, 1.54) is 0 Å². The molecule has 2 atom stereocenters. The van der Waals surface area contributed by atoms with Gasteiger partial charge in [-0.05, 0) is 12.2 Å². The molecule has 0 aliphatic heterocycles. The van der Waals surface area contributed by atoms with Crippen molar-refractivity contribution in [2.45, 2.75) is 10.8 Å². The van der Waals surface area contributed by atoms with E-state index in [2.05, 4.69) is 0 Å². The van der Waals surface area contributed by atoms with Crippen LogP contribution in [0.1, 0.15) is 0 Å². The van der Waals surface area contributed by atoms with Crippen molar-refractivity contribution in [3.63, 3.8) is 0 Å². The van der Waals surface area contributed by atoms with Crippen LogP contribution in [0.5, 0.6) is 0 Å². The van der Waals surface area contributed by atoms with Crippen LogP contribution < -0.4 is 0 Å². The molecule has 0 radical (unpaired) electrons. The molecule has 0 bridgehead atoms. The van der Waals surface area contributed by atoms with Gasteiger partial charge in [0.2, 0.25) is 0 Å². The highest BCUT2D eigenvalue weighted by molar-refractivity contribution is 6.46. The van der Waals surface area contributed by atoms with Crippen LogP contribution in [0, 0.1) is 0 Å². The largest absolute Gasteiger partial charge is 0.293 e. The molecule has 2 nitrogen and oxygen atoms in total. The van der Waals surface area contributed by atoms with Crippen molar-refractivity contribution < 1.29 is 9.59 Å². The number of carbonyl (C=O) groups excluding carboxylic acids is 2. The molecule has 0 spiro atoms. The molecule has 4 heteroatoms. The molecule has 0 unspecified atom stereocenters. The molecule has 1 rings (SSSR count). The van der Waals surface area contributed by atoms with Gasteiger partial charge >= 0.3 is 0 Å². The number of rotatable bonds is 0. The zero-order valence-corrected chi connectivity index (χ0v) is 6.39. The molecule has 0 aromatic rings. The minimum atomic E-state index is -0.890. The van der Waals surface area contributed by atoms with Gasteiger partial charge in [-0.2, -0.15) is 0 Å². The molecule has 0 aromatic carbocycles. The van der Waals surface area contributed by atoms with Crippen molar-refractivity contribution in [2.24, 2.45) is 0 Å².